The number of ether oxygens (including phenoxy) is 2. The van der Waals surface area contributed by atoms with E-state index in [1.807, 2.05) is 24.3 Å². The Morgan fingerprint density at radius 2 is 2.11 bits per heavy atom. The van der Waals surface area contributed by atoms with Crippen molar-refractivity contribution in [2.24, 2.45) is 5.73 Å². The van der Waals surface area contributed by atoms with E-state index in [9.17, 15) is 0 Å². The maximum atomic E-state index is 5.71. The van der Waals surface area contributed by atoms with Crippen LogP contribution in [0, 0.1) is 11.8 Å². The second kappa shape index (κ2) is 7.05. The first kappa shape index (κ1) is 12.9. The zero-order valence-corrected chi connectivity index (χ0v) is 10.5. The van der Waals surface area contributed by atoms with Crippen LogP contribution in [-0.4, -0.2) is 25.9 Å². The van der Waals surface area contributed by atoms with Gasteiger partial charge in [-0.25, -0.2) is 0 Å². The molecule has 18 heavy (non-hydrogen) atoms. The second-order valence-corrected chi connectivity index (χ2v) is 4.33. The highest BCUT2D eigenvalue weighted by molar-refractivity contribution is 5.38. The number of nitrogens with two attached hydrogens (primary N) is 1. The van der Waals surface area contributed by atoms with Crippen LogP contribution in [0.15, 0.2) is 24.3 Å². The summed E-state index contributed by atoms with van der Waals surface area (Å²) in [7, 11) is 0. The van der Waals surface area contributed by atoms with E-state index < -0.39 is 0 Å². The van der Waals surface area contributed by atoms with Gasteiger partial charge in [-0.2, -0.15) is 0 Å². The van der Waals surface area contributed by atoms with E-state index in [-0.39, 0.29) is 6.10 Å². The van der Waals surface area contributed by atoms with Crippen molar-refractivity contribution in [1.82, 2.24) is 0 Å². The first-order chi connectivity index (χ1) is 8.88. The number of hydrogen-bond donors (Lipinski definition) is 1. The predicted molar refractivity (Wildman–Crippen MR) is 71.5 cm³/mol. The van der Waals surface area contributed by atoms with E-state index in [4.69, 9.17) is 15.2 Å². The van der Waals surface area contributed by atoms with Gasteiger partial charge in [0.2, 0.25) is 0 Å². The maximum absolute atomic E-state index is 5.71. The van der Waals surface area contributed by atoms with Gasteiger partial charge >= 0.3 is 0 Å². The molecule has 1 unspecified atom stereocenters. The average Bonchev–Trinajstić information content (AvgIpc) is 2.45. The van der Waals surface area contributed by atoms with E-state index in [1.54, 1.807) is 0 Å². The molecule has 96 valence electrons. The highest BCUT2D eigenvalue weighted by atomic mass is 16.5. The normalized spacial score (nSPS) is 18.8. The average molecular weight is 245 g/mol. The van der Waals surface area contributed by atoms with Gasteiger partial charge in [-0.1, -0.05) is 11.8 Å². The van der Waals surface area contributed by atoms with Crippen molar-refractivity contribution in [1.29, 1.82) is 0 Å². The Labute approximate surface area is 108 Å². The molecular formula is C15H19NO2. The van der Waals surface area contributed by atoms with Gasteiger partial charge in [-0.15, -0.1) is 0 Å². The summed E-state index contributed by atoms with van der Waals surface area (Å²) in [6, 6.07) is 7.76. The molecule has 1 atom stereocenters. The summed E-state index contributed by atoms with van der Waals surface area (Å²) < 4.78 is 11.3. The minimum atomic E-state index is 0.246. The van der Waals surface area contributed by atoms with Crippen molar-refractivity contribution >= 4 is 0 Å². The van der Waals surface area contributed by atoms with Crippen LogP contribution in [0.2, 0.25) is 0 Å². The molecule has 0 aliphatic carbocycles. The Morgan fingerprint density at radius 3 is 2.78 bits per heavy atom. The van der Waals surface area contributed by atoms with Gasteiger partial charge in [0, 0.05) is 12.2 Å². The van der Waals surface area contributed by atoms with Gasteiger partial charge in [0.25, 0.3) is 0 Å². The van der Waals surface area contributed by atoms with Crippen molar-refractivity contribution in [3.05, 3.63) is 29.8 Å². The highest BCUT2D eigenvalue weighted by Gasteiger charge is 2.14. The van der Waals surface area contributed by atoms with Crippen molar-refractivity contribution in [2.45, 2.75) is 25.4 Å². The molecule has 1 aromatic rings. The highest BCUT2D eigenvalue weighted by Crippen LogP contribution is 2.16. The minimum absolute atomic E-state index is 0.246. The van der Waals surface area contributed by atoms with Crippen LogP contribution in [0.1, 0.15) is 24.8 Å². The second-order valence-electron chi connectivity index (χ2n) is 4.33. The molecule has 0 aromatic heterocycles. The molecule has 0 bridgehead atoms. The molecule has 1 fully saturated rings. The SMILES string of the molecule is NCC#Cc1ccc(OCC2CCCCO2)cc1. The lowest BCUT2D eigenvalue weighted by atomic mass is 10.1. The third-order valence-electron chi connectivity index (χ3n) is 2.90. The third-order valence-corrected chi connectivity index (χ3v) is 2.90. The van der Waals surface area contributed by atoms with Crippen LogP contribution in [0.3, 0.4) is 0 Å². The Balaban J connectivity index is 1.82. The molecule has 2 N–H and O–H groups in total. The molecule has 1 aromatic carbocycles. The topological polar surface area (TPSA) is 44.5 Å². The lowest BCUT2D eigenvalue weighted by Gasteiger charge is -2.22. The Hall–Kier alpha value is -1.50. The molecule has 3 heteroatoms. The van der Waals surface area contributed by atoms with Crippen LogP contribution in [0.25, 0.3) is 0 Å². The fourth-order valence-corrected chi connectivity index (χ4v) is 1.92. The summed E-state index contributed by atoms with van der Waals surface area (Å²) in [5.41, 5.74) is 6.28. The van der Waals surface area contributed by atoms with Crippen molar-refractivity contribution in [3.63, 3.8) is 0 Å². The molecule has 0 amide bonds. The quantitative estimate of drug-likeness (QED) is 0.828. The molecule has 2 rings (SSSR count). The summed E-state index contributed by atoms with van der Waals surface area (Å²) in [6.45, 7) is 1.88. The number of rotatable bonds is 3. The van der Waals surface area contributed by atoms with Crippen LogP contribution in [0.4, 0.5) is 0 Å². The lowest BCUT2D eigenvalue weighted by molar-refractivity contribution is -0.0110. The van der Waals surface area contributed by atoms with E-state index in [1.165, 1.54) is 12.8 Å². The van der Waals surface area contributed by atoms with E-state index >= 15 is 0 Å². The van der Waals surface area contributed by atoms with Gasteiger partial charge in [0.05, 0.1) is 12.6 Å². The van der Waals surface area contributed by atoms with Crippen molar-refractivity contribution in [3.8, 4) is 17.6 Å². The largest absolute Gasteiger partial charge is 0.491 e. The van der Waals surface area contributed by atoms with Crippen LogP contribution in [-0.2, 0) is 4.74 Å². The third kappa shape index (κ3) is 4.06. The Kier molecular flexibility index (Phi) is 5.07. The van der Waals surface area contributed by atoms with E-state index in [0.717, 1.165) is 24.3 Å². The first-order valence-electron chi connectivity index (χ1n) is 6.42. The summed E-state index contributed by atoms with van der Waals surface area (Å²) in [5.74, 6) is 6.67. The standard InChI is InChI=1S/C15H19NO2/c16-10-3-4-13-6-8-14(9-7-13)18-12-15-5-1-2-11-17-15/h6-9,15H,1-2,5,10-12,16H2. The zero-order valence-electron chi connectivity index (χ0n) is 10.5. The molecule has 0 saturated carbocycles. The lowest BCUT2D eigenvalue weighted by Crippen LogP contribution is -2.25. The molecule has 1 aliphatic rings. The van der Waals surface area contributed by atoms with Gasteiger partial charge in [0.1, 0.15) is 12.4 Å². The fraction of sp³-hybridized carbons (Fsp3) is 0.467. The molecule has 1 saturated heterocycles. The van der Waals surface area contributed by atoms with Gasteiger partial charge < -0.3 is 15.2 Å². The summed E-state index contributed by atoms with van der Waals surface area (Å²) >= 11 is 0. The minimum Gasteiger partial charge on any atom is -0.491 e. The molecule has 1 aliphatic heterocycles. The van der Waals surface area contributed by atoms with Crippen LogP contribution < -0.4 is 10.5 Å². The maximum Gasteiger partial charge on any atom is 0.119 e. The van der Waals surface area contributed by atoms with Crippen molar-refractivity contribution in [2.75, 3.05) is 19.8 Å². The van der Waals surface area contributed by atoms with Crippen LogP contribution in [0.5, 0.6) is 5.75 Å². The van der Waals surface area contributed by atoms with Crippen molar-refractivity contribution < 1.29 is 9.47 Å². The van der Waals surface area contributed by atoms with E-state index in [0.29, 0.717) is 13.2 Å². The monoisotopic (exact) mass is 245 g/mol. The molecule has 1 heterocycles. The Bertz CT molecular complexity index is 410. The molecule has 3 nitrogen and oxygen atoms in total. The van der Waals surface area contributed by atoms with Gasteiger partial charge in [-0.05, 0) is 43.5 Å². The first-order valence-corrected chi connectivity index (χ1v) is 6.42. The van der Waals surface area contributed by atoms with E-state index in [2.05, 4.69) is 11.8 Å². The molecule has 0 spiro atoms. The zero-order chi connectivity index (χ0) is 12.6. The summed E-state index contributed by atoms with van der Waals surface area (Å²) in [5, 5.41) is 0. The van der Waals surface area contributed by atoms with Gasteiger partial charge in [0.15, 0.2) is 0 Å². The summed E-state index contributed by atoms with van der Waals surface area (Å²) in [6.07, 6.45) is 3.75. The number of hydrogen-bond acceptors (Lipinski definition) is 3. The molecular weight excluding hydrogens is 226 g/mol. The Morgan fingerprint density at radius 1 is 1.28 bits per heavy atom. The molecule has 0 radical (unpaired) electrons. The fourth-order valence-electron chi connectivity index (χ4n) is 1.92. The predicted octanol–water partition coefficient (Wildman–Crippen LogP) is 1.94. The van der Waals surface area contributed by atoms with Crippen LogP contribution >= 0.6 is 0 Å². The van der Waals surface area contributed by atoms with Gasteiger partial charge in [-0.3, -0.25) is 0 Å². The summed E-state index contributed by atoms with van der Waals surface area (Å²) in [4.78, 5) is 0. The smallest absolute Gasteiger partial charge is 0.119 e. The number of benzene rings is 1.